The van der Waals surface area contributed by atoms with Gasteiger partial charge in [-0.15, -0.1) is 6.58 Å². The standard InChI is InChI=1S/C15H18N/c1-6-11(2)13-9-12(10-16)7-8-14(13)15(3,4)5/h6-9H,1H2,2-5H3. The number of allylic oxidation sites excluding steroid dienone is 1. The molecule has 1 heteroatoms. The van der Waals surface area contributed by atoms with Gasteiger partial charge in [0.25, 0.3) is 0 Å². The minimum atomic E-state index is 0.0770. The molecule has 0 N–H and O–H groups in total. The van der Waals surface area contributed by atoms with Crippen molar-refractivity contribution in [1.82, 2.24) is 0 Å². The monoisotopic (exact) mass is 212 g/mol. The molecule has 0 spiro atoms. The van der Waals surface area contributed by atoms with Gasteiger partial charge in [0.2, 0.25) is 0 Å². The molecule has 0 unspecified atom stereocenters. The van der Waals surface area contributed by atoms with Crippen molar-refractivity contribution in [1.29, 1.82) is 5.26 Å². The van der Waals surface area contributed by atoms with Crippen molar-refractivity contribution in [3.63, 3.8) is 0 Å². The maximum atomic E-state index is 8.93. The molecule has 1 aromatic rings. The molecule has 1 aromatic carbocycles. The number of hydrogen-bond donors (Lipinski definition) is 0. The Morgan fingerprint density at radius 1 is 1.38 bits per heavy atom. The van der Waals surface area contributed by atoms with Gasteiger partial charge in [-0.1, -0.05) is 39.8 Å². The lowest BCUT2D eigenvalue weighted by Crippen LogP contribution is -2.15. The van der Waals surface area contributed by atoms with Gasteiger partial charge in [0.05, 0.1) is 11.6 Å². The maximum absolute atomic E-state index is 8.93. The molecule has 0 atom stereocenters. The molecular weight excluding hydrogens is 194 g/mol. The number of hydrogen-bond acceptors (Lipinski definition) is 1. The minimum absolute atomic E-state index is 0.0770. The maximum Gasteiger partial charge on any atom is 0.0991 e. The van der Waals surface area contributed by atoms with Crippen molar-refractivity contribution >= 4 is 0 Å². The van der Waals surface area contributed by atoms with E-state index in [2.05, 4.69) is 33.4 Å². The number of nitrogens with zero attached hydrogens (tertiary/aromatic N) is 1. The van der Waals surface area contributed by atoms with Crippen LogP contribution in [0.5, 0.6) is 0 Å². The molecule has 0 aliphatic heterocycles. The normalized spacial score (nSPS) is 11.2. The molecule has 16 heavy (non-hydrogen) atoms. The van der Waals surface area contributed by atoms with Crippen LogP contribution < -0.4 is 0 Å². The van der Waals surface area contributed by atoms with Crippen LogP contribution in [0.2, 0.25) is 0 Å². The first-order chi connectivity index (χ1) is 7.40. The Hall–Kier alpha value is -1.55. The van der Waals surface area contributed by atoms with Crippen molar-refractivity contribution in [3.05, 3.63) is 53.5 Å². The topological polar surface area (TPSA) is 23.8 Å². The summed E-state index contributed by atoms with van der Waals surface area (Å²) in [6.45, 7) is 12.3. The van der Waals surface area contributed by atoms with E-state index >= 15 is 0 Å². The van der Waals surface area contributed by atoms with Crippen molar-refractivity contribution in [2.75, 3.05) is 0 Å². The highest BCUT2D eigenvalue weighted by Gasteiger charge is 2.20. The molecule has 1 nitrogen and oxygen atoms in total. The second-order valence-electron chi connectivity index (χ2n) is 5.01. The van der Waals surface area contributed by atoms with E-state index in [1.165, 1.54) is 5.56 Å². The predicted octanol–water partition coefficient (Wildman–Crippen LogP) is 3.98. The van der Waals surface area contributed by atoms with Gasteiger partial charge >= 0.3 is 0 Å². The second kappa shape index (κ2) is 4.53. The molecule has 0 aromatic heterocycles. The summed E-state index contributed by atoms with van der Waals surface area (Å²) < 4.78 is 0. The summed E-state index contributed by atoms with van der Waals surface area (Å²) in [7, 11) is 0. The Kier molecular flexibility index (Phi) is 3.55. The first kappa shape index (κ1) is 12.5. The average molecular weight is 212 g/mol. The Balaban J connectivity index is 3.40. The summed E-state index contributed by atoms with van der Waals surface area (Å²) >= 11 is 0. The van der Waals surface area contributed by atoms with Crippen molar-refractivity contribution in [2.45, 2.75) is 33.1 Å². The van der Waals surface area contributed by atoms with Crippen LogP contribution in [0.3, 0.4) is 0 Å². The van der Waals surface area contributed by atoms with Gasteiger partial charge in [-0.05, 0) is 28.7 Å². The Morgan fingerprint density at radius 2 is 2.00 bits per heavy atom. The van der Waals surface area contributed by atoms with E-state index in [0.29, 0.717) is 5.56 Å². The minimum Gasteiger partial charge on any atom is -0.192 e. The van der Waals surface area contributed by atoms with E-state index in [9.17, 15) is 0 Å². The number of nitriles is 1. The van der Waals surface area contributed by atoms with Gasteiger partial charge in [0.1, 0.15) is 0 Å². The van der Waals surface area contributed by atoms with Crippen LogP contribution >= 0.6 is 0 Å². The van der Waals surface area contributed by atoms with Gasteiger partial charge in [-0.2, -0.15) is 5.26 Å². The molecule has 0 fully saturated rings. The van der Waals surface area contributed by atoms with Crippen LogP contribution in [0.25, 0.3) is 0 Å². The molecule has 0 saturated carbocycles. The summed E-state index contributed by atoms with van der Waals surface area (Å²) in [4.78, 5) is 0. The summed E-state index contributed by atoms with van der Waals surface area (Å²) in [5, 5.41) is 8.93. The fourth-order valence-electron chi connectivity index (χ4n) is 1.70. The quantitative estimate of drug-likeness (QED) is 0.727. The molecule has 0 bridgehead atoms. The summed E-state index contributed by atoms with van der Waals surface area (Å²) in [5.74, 6) is 1.11. The summed E-state index contributed by atoms with van der Waals surface area (Å²) in [6.07, 6.45) is 1.84. The van der Waals surface area contributed by atoms with Gasteiger partial charge in [-0.25, -0.2) is 0 Å². The molecule has 0 aliphatic rings. The fraction of sp³-hybridized carbons (Fsp3) is 0.333. The predicted molar refractivity (Wildman–Crippen MR) is 68.1 cm³/mol. The molecule has 1 rings (SSSR count). The Bertz CT molecular complexity index is 430. The smallest absolute Gasteiger partial charge is 0.0991 e. The molecule has 83 valence electrons. The Labute approximate surface area is 98.4 Å². The second-order valence-corrected chi connectivity index (χ2v) is 5.01. The zero-order chi connectivity index (χ0) is 12.3. The molecule has 0 amide bonds. The van der Waals surface area contributed by atoms with E-state index in [0.717, 1.165) is 11.5 Å². The van der Waals surface area contributed by atoms with Gasteiger partial charge in [-0.3, -0.25) is 0 Å². The van der Waals surface area contributed by atoms with E-state index in [1.807, 2.05) is 31.2 Å². The molecule has 0 aliphatic carbocycles. The Morgan fingerprint density at radius 3 is 2.44 bits per heavy atom. The largest absolute Gasteiger partial charge is 0.192 e. The van der Waals surface area contributed by atoms with Crippen LogP contribution in [0.4, 0.5) is 0 Å². The third kappa shape index (κ3) is 2.52. The zero-order valence-corrected chi connectivity index (χ0v) is 10.5. The van der Waals surface area contributed by atoms with Crippen LogP contribution in [0.15, 0.2) is 30.9 Å². The average Bonchev–Trinajstić information content (AvgIpc) is 2.25. The van der Waals surface area contributed by atoms with Crippen molar-refractivity contribution in [3.8, 4) is 6.07 Å². The fourth-order valence-corrected chi connectivity index (χ4v) is 1.70. The number of rotatable bonds is 2. The van der Waals surface area contributed by atoms with Crippen LogP contribution in [-0.2, 0) is 5.41 Å². The molecule has 0 heterocycles. The van der Waals surface area contributed by atoms with Gasteiger partial charge in [0.15, 0.2) is 0 Å². The zero-order valence-electron chi connectivity index (χ0n) is 10.5. The van der Waals surface area contributed by atoms with E-state index in [1.54, 1.807) is 0 Å². The SMILES string of the molecule is C=C[C](C)c1cc(C#N)ccc1C(C)(C)C. The lowest BCUT2D eigenvalue weighted by atomic mass is 9.80. The van der Waals surface area contributed by atoms with E-state index in [-0.39, 0.29) is 5.41 Å². The van der Waals surface area contributed by atoms with Gasteiger partial charge < -0.3 is 0 Å². The summed E-state index contributed by atoms with van der Waals surface area (Å²) in [6, 6.07) is 8.04. The molecular formula is C15H18N. The van der Waals surface area contributed by atoms with E-state index < -0.39 is 0 Å². The first-order valence-corrected chi connectivity index (χ1v) is 5.41. The van der Waals surface area contributed by atoms with Gasteiger partial charge in [0, 0.05) is 5.92 Å². The molecule has 0 saturated heterocycles. The van der Waals surface area contributed by atoms with Crippen molar-refractivity contribution in [2.24, 2.45) is 0 Å². The first-order valence-electron chi connectivity index (χ1n) is 5.41. The molecule has 1 radical (unpaired) electrons. The lowest BCUT2D eigenvalue weighted by molar-refractivity contribution is 0.585. The number of benzene rings is 1. The third-order valence-corrected chi connectivity index (χ3v) is 2.69. The third-order valence-electron chi connectivity index (χ3n) is 2.69. The highest BCUT2D eigenvalue weighted by molar-refractivity contribution is 5.49. The van der Waals surface area contributed by atoms with Crippen LogP contribution in [0, 0.1) is 17.2 Å². The highest BCUT2D eigenvalue weighted by atomic mass is 14.3. The summed E-state index contributed by atoms with van der Waals surface area (Å²) in [5.41, 5.74) is 3.16. The van der Waals surface area contributed by atoms with E-state index in [4.69, 9.17) is 5.26 Å². The van der Waals surface area contributed by atoms with Crippen LogP contribution in [0.1, 0.15) is 44.4 Å². The van der Waals surface area contributed by atoms with Crippen LogP contribution in [-0.4, -0.2) is 0 Å². The lowest BCUT2D eigenvalue weighted by Gasteiger charge is -2.24. The highest BCUT2D eigenvalue weighted by Crippen LogP contribution is 2.31. The van der Waals surface area contributed by atoms with Crippen molar-refractivity contribution < 1.29 is 0 Å².